The average Bonchev–Trinajstić information content (AvgIpc) is 2.48. The minimum atomic E-state index is 0.0726. The van der Waals surface area contributed by atoms with Crippen molar-refractivity contribution in [2.45, 2.75) is 64.8 Å². The van der Waals surface area contributed by atoms with Crippen molar-refractivity contribution < 1.29 is 9.59 Å². The number of carbonyl (C=O) groups is 2. The zero-order valence-electron chi connectivity index (χ0n) is 12.9. The van der Waals surface area contributed by atoms with Gasteiger partial charge in [0.1, 0.15) is 0 Å². The summed E-state index contributed by atoms with van der Waals surface area (Å²) in [6, 6.07) is 0.264. The van der Waals surface area contributed by atoms with Crippen LogP contribution in [0.25, 0.3) is 0 Å². The molecular formula is C16H28N2O2. The zero-order valence-corrected chi connectivity index (χ0v) is 12.9. The fourth-order valence-electron chi connectivity index (χ4n) is 3.29. The van der Waals surface area contributed by atoms with E-state index in [1.807, 2.05) is 18.7 Å². The van der Waals surface area contributed by atoms with Gasteiger partial charge in [-0.1, -0.05) is 33.1 Å². The molecule has 0 radical (unpaired) electrons. The molecule has 1 saturated carbocycles. The highest BCUT2D eigenvalue weighted by molar-refractivity contribution is 5.79. The first-order valence-corrected chi connectivity index (χ1v) is 8.17. The smallest absolute Gasteiger partial charge is 0.225 e. The molecule has 0 bridgehead atoms. The van der Waals surface area contributed by atoms with Gasteiger partial charge in [0.05, 0.1) is 0 Å². The summed E-state index contributed by atoms with van der Waals surface area (Å²) in [5.74, 6) is 0.794. The van der Waals surface area contributed by atoms with Crippen LogP contribution in [0.4, 0.5) is 0 Å². The van der Waals surface area contributed by atoms with Crippen LogP contribution in [0.5, 0.6) is 0 Å². The maximum Gasteiger partial charge on any atom is 0.225 e. The molecule has 1 aliphatic carbocycles. The molecule has 4 heteroatoms. The fraction of sp³-hybridized carbons (Fsp3) is 0.875. The van der Waals surface area contributed by atoms with Crippen molar-refractivity contribution in [3.8, 4) is 0 Å². The summed E-state index contributed by atoms with van der Waals surface area (Å²) in [4.78, 5) is 26.0. The standard InChI is InChI=1S/C16H28N2O2/c1-12(2)16(20)18-10-8-14(9-11-18)17-15(19)13-6-4-3-5-7-13/h12-14H,3-11H2,1-2H3,(H,17,19). The Balaban J connectivity index is 1.73. The van der Waals surface area contributed by atoms with Crippen LogP contribution in [0.2, 0.25) is 0 Å². The van der Waals surface area contributed by atoms with Crippen molar-refractivity contribution in [2.75, 3.05) is 13.1 Å². The fourth-order valence-corrected chi connectivity index (χ4v) is 3.29. The highest BCUT2D eigenvalue weighted by Gasteiger charge is 2.27. The summed E-state index contributed by atoms with van der Waals surface area (Å²) in [6.07, 6.45) is 7.57. The molecule has 1 N–H and O–H groups in total. The number of rotatable bonds is 3. The Hall–Kier alpha value is -1.06. The topological polar surface area (TPSA) is 49.4 Å². The van der Waals surface area contributed by atoms with Gasteiger partial charge >= 0.3 is 0 Å². The number of nitrogens with zero attached hydrogens (tertiary/aromatic N) is 1. The van der Waals surface area contributed by atoms with E-state index >= 15 is 0 Å². The normalized spacial score (nSPS) is 22.1. The second-order valence-electron chi connectivity index (χ2n) is 6.60. The molecule has 1 aliphatic heterocycles. The van der Waals surface area contributed by atoms with Crippen LogP contribution in [0, 0.1) is 11.8 Å². The van der Waals surface area contributed by atoms with Gasteiger partial charge in [0.2, 0.25) is 11.8 Å². The lowest BCUT2D eigenvalue weighted by atomic mass is 9.88. The number of carbonyl (C=O) groups excluding carboxylic acids is 2. The predicted molar refractivity (Wildman–Crippen MR) is 79.2 cm³/mol. The lowest BCUT2D eigenvalue weighted by molar-refractivity contribution is -0.135. The average molecular weight is 280 g/mol. The first-order chi connectivity index (χ1) is 9.58. The van der Waals surface area contributed by atoms with Crippen molar-refractivity contribution >= 4 is 11.8 Å². The van der Waals surface area contributed by atoms with Gasteiger partial charge in [0.25, 0.3) is 0 Å². The molecule has 0 spiro atoms. The molecule has 0 aromatic carbocycles. The maximum absolute atomic E-state index is 12.2. The third-order valence-electron chi connectivity index (χ3n) is 4.62. The molecule has 0 unspecified atom stereocenters. The highest BCUT2D eigenvalue weighted by Crippen LogP contribution is 2.24. The Morgan fingerprint density at radius 2 is 1.60 bits per heavy atom. The van der Waals surface area contributed by atoms with Crippen molar-refractivity contribution in [2.24, 2.45) is 11.8 Å². The molecule has 2 amide bonds. The van der Waals surface area contributed by atoms with Crippen LogP contribution < -0.4 is 5.32 Å². The van der Waals surface area contributed by atoms with Crippen LogP contribution in [-0.2, 0) is 9.59 Å². The van der Waals surface area contributed by atoms with Gasteiger partial charge in [-0.3, -0.25) is 9.59 Å². The molecule has 2 aliphatic rings. The van der Waals surface area contributed by atoms with E-state index in [0.717, 1.165) is 38.8 Å². The van der Waals surface area contributed by atoms with Crippen molar-refractivity contribution in [3.05, 3.63) is 0 Å². The van der Waals surface area contributed by atoms with Crippen LogP contribution >= 0.6 is 0 Å². The Morgan fingerprint density at radius 1 is 1.00 bits per heavy atom. The van der Waals surface area contributed by atoms with E-state index in [1.54, 1.807) is 0 Å². The van der Waals surface area contributed by atoms with Gasteiger partial charge in [-0.15, -0.1) is 0 Å². The molecule has 114 valence electrons. The number of nitrogens with one attached hydrogen (secondary N) is 1. The Kier molecular flexibility index (Phi) is 5.44. The van der Waals surface area contributed by atoms with E-state index in [4.69, 9.17) is 0 Å². The quantitative estimate of drug-likeness (QED) is 0.862. The Bertz CT molecular complexity index is 340. The molecule has 20 heavy (non-hydrogen) atoms. The van der Waals surface area contributed by atoms with Crippen molar-refractivity contribution in [1.82, 2.24) is 10.2 Å². The minimum Gasteiger partial charge on any atom is -0.353 e. The lowest BCUT2D eigenvalue weighted by Gasteiger charge is -2.34. The summed E-state index contributed by atoms with van der Waals surface area (Å²) >= 11 is 0. The number of hydrogen-bond donors (Lipinski definition) is 1. The third-order valence-corrected chi connectivity index (χ3v) is 4.62. The van der Waals surface area contributed by atoms with Crippen LogP contribution in [0.15, 0.2) is 0 Å². The Labute approximate surface area is 122 Å². The third kappa shape index (κ3) is 3.97. The number of likely N-dealkylation sites (tertiary alicyclic amines) is 1. The number of amides is 2. The highest BCUT2D eigenvalue weighted by atomic mass is 16.2. The van der Waals surface area contributed by atoms with Crippen LogP contribution in [-0.4, -0.2) is 35.8 Å². The number of hydrogen-bond acceptors (Lipinski definition) is 2. The summed E-state index contributed by atoms with van der Waals surface area (Å²) in [7, 11) is 0. The Morgan fingerprint density at radius 3 is 2.15 bits per heavy atom. The second kappa shape index (κ2) is 7.09. The van der Waals surface area contributed by atoms with E-state index < -0.39 is 0 Å². The molecule has 1 saturated heterocycles. The second-order valence-corrected chi connectivity index (χ2v) is 6.60. The molecule has 1 heterocycles. The van der Waals surface area contributed by atoms with Crippen LogP contribution in [0.1, 0.15) is 58.8 Å². The molecule has 0 atom stereocenters. The van der Waals surface area contributed by atoms with Gasteiger partial charge in [-0.25, -0.2) is 0 Å². The first kappa shape index (κ1) is 15.3. The van der Waals surface area contributed by atoms with Crippen LogP contribution in [0.3, 0.4) is 0 Å². The largest absolute Gasteiger partial charge is 0.353 e. The summed E-state index contributed by atoms with van der Waals surface area (Å²) in [5, 5.41) is 3.20. The number of piperidine rings is 1. The van der Waals surface area contributed by atoms with Gasteiger partial charge in [-0.05, 0) is 25.7 Å². The molecule has 2 rings (SSSR count). The first-order valence-electron chi connectivity index (χ1n) is 8.17. The molecule has 0 aromatic heterocycles. The molecule has 4 nitrogen and oxygen atoms in total. The van der Waals surface area contributed by atoms with E-state index in [1.165, 1.54) is 19.3 Å². The van der Waals surface area contributed by atoms with Gasteiger partial charge < -0.3 is 10.2 Å². The van der Waals surface area contributed by atoms with Crippen molar-refractivity contribution in [3.63, 3.8) is 0 Å². The zero-order chi connectivity index (χ0) is 14.5. The summed E-state index contributed by atoms with van der Waals surface area (Å²) < 4.78 is 0. The van der Waals surface area contributed by atoms with Gasteiger partial charge in [-0.2, -0.15) is 0 Å². The maximum atomic E-state index is 12.2. The van der Waals surface area contributed by atoms with E-state index in [0.29, 0.717) is 0 Å². The van der Waals surface area contributed by atoms with Crippen molar-refractivity contribution in [1.29, 1.82) is 0 Å². The lowest BCUT2D eigenvalue weighted by Crippen LogP contribution is -2.48. The van der Waals surface area contributed by atoms with Gasteiger partial charge in [0.15, 0.2) is 0 Å². The minimum absolute atomic E-state index is 0.0726. The molecule has 0 aromatic rings. The predicted octanol–water partition coefficient (Wildman–Crippen LogP) is 2.33. The van der Waals surface area contributed by atoms with Gasteiger partial charge in [0, 0.05) is 31.0 Å². The summed E-state index contributed by atoms with van der Waals surface area (Å²) in [6.45, 7) is 5.46. The molecule has 2 fully saturated rings. The van der Waals surface area contributed by atoms with E-state index in [9.17, 15) is 9.59 Å². The van der Waals surface area contributed by atoms with E-state index in [-0.39, 0.29) is 29.7 Å². The molecular weight excluding hydrogens is 252 g/mol. The summed E-state index contributed by atoms with van der Waals surface area (Å²) in [5.41, 5.74) is 0. The monoisotopic (exact) mass is 280 g/mol. The SMILES string of the molecule is CC(C)C(=O)N1CCC(NC(=O)C2CCCCC2)CC1. The van der Waals surface area contributed by atoms with E-state index in [2.05, 4.69) is 5.32 Å².